The predicted molar refractivity (Wildman–Crippen MR) is 71.3 cm³/mol. The van der Waals surface area contributed by atoms with E-state index in [4.69, 9.17) is 26.8 Å². The van der Waals surface area contributed by atoms with E-state index in [2.05, 4.69) is 0 Å². The minimum atomic E-state index is -0.892. The predicted octanol–water partition coefficient (Wildman–Crippen LogP) is -0.0576. The monoisotopic (exact) mass is 298 g/mol. The van der Waals surface area contributed by atoms with Crippen LogP contribution in [0, 0.1) is 5.92 Å². The quantitative estimate of drug-likeness (QED) is 0.408. The van der Waals surface area contributed by atoms with E-state index in [1.807, 2.05) is 0 Å². The average molecular weight is 298 g/mol. The smallest absolute Gasteiger partial charge is 0.303 e. The van der Waals surface area contributed by atoms with Gasteiger partial charge in [0.15, 0.2) is 0 Å². The maximum atomic E-state index is 11.2. The first-order valence-corrected chi connectivity index (χ1v) is 6.61. The average Bonchev–Trinajstić information content (AvgIpc) is 2.35. The van der Waals surface area contributed by atoms with Gasteiger partial charge in [-0.2, -0.15) is 0 Å². The van der Waals surface area contributed by atoms with E-state index in [1.165, 1.54) is 20.8 Å². The molecule has 8 heteroatoms. The molecule has 7 nitrogen and oxygen atoms in total. The molecule has 0 saturated carbocycles. The highest BCUT2D eigenvalue weighted by Gasteiger charge is 2.45. The zero-order chi connectivity index (χ0) is 16.2. The Morgan fingerprint density at radius 2 is 1.52 bits per heavy atom. The maximum absolute atomic E-state index is 11.2. The Morgan fingerprint density at radius 3 is 2.00 bits per heavy atom. The van der Waals surface area contributed by atoms with Crippen LogP contribution in [-0.2, 0) is 33.3 Å². The molecule has 0 aromatic rings. The number of hydrogen-bond acceptors (Lipinski definition) is 7. The fraction of sp³-hybridized carbons (Fsp3) is 0.769. The van der Waals surface area contributed by atoms with E-state index in [1.54, 1.807) is 6.92 Å². The summed E-state index contributed by atoms with van der Waals surface area (Å²) in [5, 5.41) is 0. The van der Waals surface area contributed by atoms with Crippen LogP contribution < -0.4 is 0 Å². The Morgan fingerprint density at radius 1 is 1.00 bits per heavy atom. The number of hydrogen-bond donors (Lipinski definition) is 0. The number of carbonyl (C=O) groups is 3. The number of esters is 3. The molecule has 5 atom stereocenters. The molecule has 1 aliphatic heterocycles. The van der Waals surface area contributed by atoms with E-state index in [0.717, 1.165) is 0 Å². The molecule has 1 aliphatic rings. The van der Waals surface area contributed by atoms with Crippen molar-refractivity contribution in [1.29, 1.82) is 0 Å². The summed E-state index contributed by atoms with van der Waals surface area (Å²) in [6.45, 7) is 5.40. The molecule has 1 heterocycles. The first-order chi connectivity index (χ1) is 9.72. The van der Waals surface area contributed by atoms with Gasteiger partial charge in [0.1, 0.15) is 32.8 Å². The van der Waals surface area contributed by atoms with E-state index >= 15 is 0 Å². The van der Waals surface area contributed by atoms with Crippen LogP contribution in [0.4, 0.5) is 0 Å². The first kappa shape index (κ1) is 17.5. The normalized spacial score (nSPS) is 32.1. The molecular formula is C13H19BO7. The van der Waals surface area contributed by atoms with Gasteiger partial charge >= 0.3 is 17.9 Å². The first-order valence-electron chi connectivity index (χ1n) is 6.61. The van der Waals surface area contributed by atoms with Gasteiger partial charge in [-0.05, 0) is 0 Å². The Hall–Kier alpha value is -1.57. The van der Waals surface area contributed by atoms with Crippen molar-refractivity contribution < 1.29 is 33.3 Å². The molecule has 0 bridgehead atoms. The van der Waals surface area contributed by atoms with Gasteiger partial charge in [0, 0.05) is 26.7 Å². The fourth-order valence-corrected chi connectivity index (χ4v) is 2.26. The Labute approximate surface area is 124 Å². The zero-order valence-electron chi connectivity index (χ0n) is 12.5. The molecule has 0 aromatic heterocycles. The van der Waals surface area contributed by atoms with Gasteiger partial charge in [-0.25, -0.2) is 0 Å². The molecule has 3 unspecified atom stereocenters. The highest BCUT2D eigenvalue weighted by atomic mass is 16.6. The van der Waals surface area contributed by atoms with Gasteiger partial charge in [-0.3, -0.25) is 14.4 Å². The van der Waals surface area contributed by atoms with Crippen molar-refractivity contribution in [3.63, 3.8) is 0 Å². The van der Waals surface area contributed by atoms with Crippen LogP contribution in [0.2, 0.25) is 0 Å². The summed E-state index contributed by atoms with van der Waals surface area (Å²) in [5.74, 6) is -1.91. The maximum Gasteiger partial charge on any atom is 0.303 e. The molecule has 0 amide bonds. The minimum Gasteiger partial charge on any atom is -0.463 e. The second-order valence-electron chi connectivity index (χ2n) is 4.95. The van der Waals surface area contributed by atoms with Crippen LogP contribution >= 0.6 is 0 Å². The van der Waals surface area contributed by atoms with Crippen molar-refractivity contribution in [3.05, 3.63) is 0 Å². The van der Waals surface area contributed by atoms with Gasteiger partial charge in [-0.15, -0.1) is 0 Å². The van der Waals surface area contributed by atoms with Gasteiger partial charge in [0.2, 0.25) is 0 Å². The highest BCUT2D eigenvalue weighted by molar-refractivity contribution is 6.11. The van der Waals surface area contributed by atoms with Crippen LogP contribution in [0.1, 0.15) is 27.7 Å². The largest absolute Gasteiger partial charge is 0.463 e. The summed E-state index contributed by atoms with van der Waals surface area (Å²) < 4.78 is 20.7. The second kappa shape index (κ2) is 7.45. The third-order valence-corrected chi connectivity index (χ3v) is 3.11. The van der Waals surface area contributed by atoms with Gasteiger partial charge in [-0.1, -0.05) is 6.92 Å². The van der Waals surface area contributed by atoms with Crippen LogP contribution in [0.25, 0.3) is 0 Å². The number of rotatable bonds is 4. The van der Waals surface area contributed by atoms with Crippen molar-refractivity contribution in [1.82, 2.24) is 0 Å². The molecule has 116 valence electrons. The van der Waals surface area contributed by atoms with E-state index < -0.39 is 48.1 Å². The lowest BCUT2D eigenvalue weighted by Gasteiger charge is -2.43. The Bertz CT molecular complexity index is 409. The lowest BCUT2D eigenvalue weighted by molar-refractivity contribution is -0.213. The molecule has 1 fully saturated rings. The van der Waals surface area contributed by atoms with E-state index in [-0.39, 0.29) is 6.61 Å². The summed E-state index contributed by atoms with van der Waals surface area (Å²) in [6, 6.07) is -0.892. The molecule has 0 aromatic carbocycles. The molecule has 1 saturated heterocycles. The number of carbonyl (C=O) groups excluding carboxylic acids is 3. The summed E-state index contributed by atoms with van der Waals surface area (Å²) in [6.07, 6.45) is -2.19. The van der Waals surface area contributed by atoms with Gasteiger partial charge in [0.05, 0.1) is 6.00 Å². The van der Waals surface area contributed by atoms with Crippen LogP contribution in [0.3, 0.4) is 0 Å². The van der Waals surface area contributed by atoms with Crippen molar-refractivity contribution in [2.75, 3.05) is 6.61 Å². The van der Waals surface area contributed by atoms with E-state index in [0.29, 0.717) is 0 Å². The molecule has 21 heavy (non-hydrogen) atoms. The summed E-state index contributed by atoms with van der Waals surface area (Å²) in [7, 11) is 5.83. The summed E-state index contributed by atoms with van der Waals surface area (Å²) in [4.78, 5) is 33.2. The van der Waals surface area contributed by atoms with Crippen molar-refractivity contribution >= 4 is 25.8 Å². The van der Waals surface area contributed by atoms with Crippen LogP contribution in [-0.4, -0.2) is 56.7 Å². The third kappa shape index (κ3) is 5.04. The molecular weight excluding hydrogens is 279 g/mol. The number of ether oxygens (including phenoxy) is 4. The van der Waals surface area contributed by atoms with Crippen molar-refractivity contribution in [2.24, 2.45) is 5.92 Å². The second-order valence-corrected chi connectivity index (χ2v) is 4.95. The summed E-state index contributed by atoms with van der Waals surface area (Å²) in [5.41, 5.74) is 0. The lowest BCUT2D eigenvalue weighted by atomic mass is 9.79. The van der Waals surface area contributed by atoms with Crippen LogP contribution in [0.15, 0.2) is 0 Å². The van der Waals surface area contributed by atoms with Crippen LogP contribution in [0.5, 0.6) is 0 Å². The SMILES string of the molecule is [B][C@H]1OC(COC(C)=O)[C@H](OC(C)=O)C(C)C1OC(C)=O. The minimum absolute atomic E-state index is 0.0991. The molecule has 1 rings (SSSR count). The standard InChI is InChI=1S/C13H19BO7/c1-6-11(19-8(3)16)10(5-18-7(2)15)21-13(14)12(6)20-9(4)17/h6,10-13H,5H2,1-4H3/t6?,10?,11-,12?,13+/m1/s1. The third-order valence-electron chi connectivity index (χ3n) is 3.11. The lowest BCUT2D eigenvalue weighted by Crippen LogP contribution is -2.57. The molecule has 0 spiro atoms. The van der Waals surface area contributed by atoms with Crippen molar-refractivity contribution in [2.45, 2.75) is 52.0 Å². The molecule has 0 aliphatic carbocycles. The van der Waals surface area contributed by atoms with Gasteiger partial charge < -0.3 is 18.9 Å². The Kier molecular flexibility index (Phi) is 6.20. The highest BCUT2D eigenvalue weighted by Crippen LogP contribution is 2.29. The topological polar surface area (TPSA) is 88.1 Å². The summed E-state index contributed by atoms with van der Waals surface area (Å²) >= 11 is 0. The Balaban J connectivity index is 2.86. The zero-order valence-corrected chi connectivity index (χ0v) is 12.5. The fourth-order valence-electron chi connectivity index (χ4n) is 2.26. The molecule has 0 N–H and O–H groups in total. The van der Waals surface area contributed by atoms with Gasteiger partial charge in [0.25, 0.3) is 0 Å². The van der Waals surface area contributed by atoms with Crippen molar-refractivity contribution in [3.8, 4) is 0 Å². The van der Waals surface area contributed by atoms with E-state index in [9.17, 15) is 14.4 Å². The molecule has 2 radical (unpaired) electrons.